The van der Waals surface area contributed by atoms with E-state index in [2.05, 4.69) is 0 Å². The number of hydrogen-bond acceptors (Lipinski definition) is 0. The first-order valence-corrected chi connectivity index (χ1v) is 29.5. The van der Waals surface area contributed by atoms with E-state index in [1.165, 1.54) is 0 Å². The van der Waals surface area contributed by atoms with Crippen molar-refractivity contribution in [2.75, 3.05) is 6.54 Å². The van der Waals surface area contributed by atoms with Crippen LogP contribution in [-0.4, -0.2) is 30.6 Å². The quantitative estimate of drug-likeness (QED) is 0.0248. The van der Waals surface area contributed by atoms with Gasteiger partial charge < -0.3 is 0 Å². The van der Waals surface area contributed by atoms with Gasteiger partial charge in [0, 0.05) is 12.0 Å². The molecule has 0 aromatic heterocycles. The summed E-state index contributed by atoms with van der Waals surface area (Å²) < 4.78 is 631. The van der Waals surface area contributed by atoms with Crippen LogP contribution in [0.3, 0.4) is 0 Å². The third-order valence-electron chi connectivity index (χ3n) is 16.9. The van der Waals surface area contributed by atoms with Gasteiger partial charge in [0.25, 0.3) is 0 Å². The minimum absolute atomic E-state index is 0.0243. The molecule has 0 aliphatic heterocycles. The predicted molar refractivity (Wildman–Crippen MR) is 296 cm³/mol. The molecule has 0 saturated heterocycles. The molecule has 10 aromatic rings. The summed E-state index contributed by atoms with van der Waals surface area (Å²) in [7, 11) is 0. The average molecular weight is 1630 g/mol. The van der Waals surface area contributed by atoms with Crippen molar-refractivity contribution in [1.82, 2.24) is 0 Å². The zero-order valence-electron chi connectivity index (χ0n) is 52.3. The van der Waals surface area contributed by atoms with Gasteiger partial charge in [-0.05, 0) is 46.5 Å². The fourth-order valence-electron chi connectivity index (χ4n) is 11.9. The number of nitrogens with two attached hydrogens (primary N) is 1. The van der Waals surface area contributed by atoms with Crippen LogP contribution in [0.4, 0.5) is 184 Å². The number of hydrogen-bond donors (Lipinski definition) is 1. The van der Waals surface area contributed by atoms with Crippen LogP contribution in [0.1, 0.15) is 58.8 Å². The SMILES string of the molecule is CCCCCCC(F)(F)C(F)(F)C(F)(F)[NH2+]CCCC.Fc1c(F)c(F)c2c([B-](c3c(F)c(F)c(F)c4c(F)c(F)c(F)c(F)c34)(c3c(F)c(F)c(F)c4c(F)c(F)c(F)c(F)c34)c3c(F)c(F)c(F)c4c(F)c(F)c(F)c(F)c34)c(F)c(F)c(F)c2c1F.Fc1ccc(-c2c(F)c(F)c(F)c(F)c2F)c(F)c1F. The van der Waals surface area contributed by atoms with Gasteiger partial charge in [0.1, 0.15) is 29.4 Å². The van der Waals surface area contributed by atoms with Gasteiger partial charge in [-0.15, -0.1) is 30.6 Å². The first-order chi connectivity index (χ1) is 50.4. The Morgan fingerprint density at radius 2 is 0.486 bits per heavy atom. The summed E-state index contributed by atoms with van der Waals surface area (Å²) in [5.41, 5.74) is -18.4. The molecule has 0 spiro atoms. The lowest BCUT2D eigenvalue weighted by Crippen LogP contribution is -2.99. The van der Waals surface area contributed by atoms with Crippen LogP contribution in [0.2, 0.25) is 0 Å². The van der Waals surface area contributed by atoms with Gasteiger partial charge in [-0.1, -0.05) is 39.5 Å². The smallest absolute Gasteiger partial charge is 0.280 e. The van der Waals surface area contributed by atoms with Crippen molar-refractivity contribution in [2.24, 2.45) is 0 Å². The maximum atomic E-state index is 17.3. The van der Waals surface area contributed by atoms with E-state index >= 15 is 105 Å². The second-order valence-electron chi connectivity index (χ2n) is 23.0. The highest BCUT2D eigenvalue weighted by atomic mass is 19.4. The van der Waals surface area contributed by atoms with Crippen LogP contribution in [0.5, 0.6) is 0 Å². The van der Waals surface area contributed by atoms with E-state index in [1.807, 2.05) is 6.92 Å². The van der Waals surface area contributed by atoms with E-state index in [0.29, 0.717) is 31.4 Å². The topological polar surface area (TPSA) is 16.6 Å². The minimum atomic E-state index is -8.05. The first-order valence-electron chi connectivity index (χ1n) is 29.5. The number of alkyl halides is 6. The van der Waals surface area contributed by atoms with Crippen LogP contribution in [0.25, 0.3) is 54.2 Å². The molecular formula is C65H26BF42N. The summed E-state index contributed by atoms with van der Waals surface area (Å²) in [6, 6.07) is -4.12. The maximum absolute atomic E-state index is 17.3. The van der Waals surface area contributed by atoms with Gasteiger partial charge in [-0.25, -0.2) is 158 Å². The molecule has 10 aromatic carbocycles. The Morgan fingerprint density at radius 3 is 0.752 bits per heavy atom. The molecule has 0 fully saturated rings. The molecular weight excluding hydrogens is 1600 g/mol. The molecule has 0 unspecified atom stereocenters. The van der Waals surface area contributed by atoms with Crippen LogP contribution < -0.4 is 27.2 Å². The van der Waals surface area contributed by atoms with Gasteiger partial charge in [0.15, 0.2) is 180 Å². The highest BCUT2D eigenvalue weighted by Gasteiger charge is 2.74. The van der Waals surface area contributed by atoms with Gasteiger partial charge in [-0.2, -0.15) is 17.6 Å². The van der Waals surface area contributed by atoms with Crippen molar-refractivity contribution in [3.63, 3.8) is 0 Å². The van der Waals surface area contributed by atoms with E-state index in [9.17, 15) is 79.0 Å². The summed E-state index contributed by atoms with van der Waals surface area (Å²) in [5, 5.41) is -27.0. The van der Waals surface area contributed by atoms with E-state index in [1.54, 1.807) is 6.92 Å². The summed E-state index contributed by atoms with van der Waals surface area (Å²) in [6.07, 6.45) is -6.91. The van der Waals surface area contributed by atoms with E-state index in [0.717, 1.165) is 6.42 Å². The number of benzene rings is 10. The van der Waals surface area contributed by atoms with Crippen molar-refractivity contribution in [2.45, 2.75) is 76.7 Å². The Morgan fingerprint density at radius 1 is 0.248 bits per heavy atom. The van der Waals surface area contributed by atoms with Crippen LogP contribution >= 0.6 is 0 Å². The molecule has 10 rings (SSSR count). The standard InChI is InChI=1S/C40BF28.C13H23F6N.C12H2F8/c42-13-1-5(21(50)37(66)33(13)62)17(46)29(58)25(54)9(1)41(10-2-6(18(47)30(59)26(10)55)22(51)38(67)34(63)14(2)43,11-3-7(19(48)31(60)27(11)56)23(52)39(68)35(64)15(3)44)12-4-8(20(49)32(61)28(12)57)24(53)40(69)36(65)16(4)45;1-3-5-7-8-9-11(14,15)12(16,17)13(18,19)20-10-6-4-2;13-4-2-1-3(6(14)7(4)15)5-8(16)10(18)12(20)11(19)9(5)17/h;20H,3-10H2,1-2H3;1-2H/q-1;;/p+1. The summed E-state index contributed by atoms with van der Waals surface area (Å²) in [6.45, 7) is 3.24. The highest BCUT2D eigenvalue weighted by molar-refractivity contribution is 7.23. The monoisotopic (exact) mass is 1630 g/mol. The van der Waals surface area contributed by atoms with Crippen LogP contribution in [0, 0.1) is 209 Å². The zero-order valence-corrected chi connectivity index (χ0v) is 52.3. The van der Waals surface area contributed by atoms with Crippen molar-refractivity contribution >= 4 is 71.1 Å². The number of fused-ring (bicyclic) bond motifs is 4. The van der Waals surface area contributed by atoms with Gasteiger partial charge >= 0.3 is 17.9 Å². The van der Waals surface area contributed by atoms with Gasteiger partial charge in [0.05, 0.1) is 33.7 Å². The van der Waals surface area contributed by atoms with Crippen LogP contribution in [0.15, 0.2) is 12.1 Å². The predicted octanol–water partition coefficient (Wildman–Crippen LogP) is 20.2. The second-order valence-corrected chi connectivity index (χ2v) is 23.0. The molecule has 588 valence electrons. The van der Waals surface area contributed by atoms with E-state index in [4.69, 9.17) is 0 Å². The number of halogens is 42. The normalized spacial score (nSPS) is 12.4. The largest absolute Gasteiger partial charge is 0.458 e. The van der Waals surface area contributed by atoms with Crippen molar-refractivity contribution in [1.29, 1.82) is 0 Å². The van der Waals surface area contributed by atoms with Gasteiger partial charge in [0.2, 0.25) is 5.82 Å². The zero-order chi connectivity index (χ0) is 82.6. The maximum Gasteiger partial charge on any atom is 0.458 e. The Kier molecular flexibility index (Phi) is 23.6. The third-order valence-corrected chi connectivity index (χ3v) is 16.9. The summed E-state index contributed by atoms with van der Waals surface area (Å²) >= 11 is 0. The van der Waals surface area contributed by atoms with Crippen molar-refractivity contribution in [3.8, 4) is 11.1 Å². The lowest BCUT2D eigenvalue weighted by molar-refractivity contribution is -0.808. The van der Waals surface area contributed by atoms with Crippen molar-refractivity contribution < 1.29 is 190 Å². The Labute approximate surface area is 575 Å². The average Bonchev–Trinajstić information content (AvgIpc) is 0.660. The number of unbranched alkanes of at least 4 members (excludes halogenated alkanes) is 4. The minimum Gasteiger partial charge on any atom is -0.280 e. The van der Waals surface area contributed by atoms with Crippen LogP contribution in [-0.2, 0) is 0 Å². The molecule has 0 bridgehead atoms. The molecule has 1 nitrogen and oxygen atoms in total. The number of quaternary nitrogens is 1. The van der Waals surface area contributed by atoms with Crippen molar-refractivity contribution in [3.05, 3.63) is 222 Å². The molecule has 0 aliphatic rings. The summed E-state index contributed by atoms with van der Waals surface area (Å²) in [5.74, 6) is -132. The number of rotatable bonds is 16. The fraction of sp³-hybridized carbons (Fsp3) is 0.200. The molecule has 0 aliphatic carbocycles. The first kappa shape index (κ1) is 84.9. The lowest BCUT2D eigenvalue weighted by Gasteiger charge is -2.47. The van der Waals surface area contributed by atoms with E-state index < -0.39 is 316 Å². The molecule has 0 radical (unpaired) electrons. The Bertz CT molecular complexity index is 4910. The Balaban J connectivity index is 0.000000303. The fourth-order valence-corrected chi connectivity index (χ4v) is 11.9. The Hall–Kier alpha value is -9.68. The third kappa shape index (κ3) is 12.9. The molecule has 0 saturated carbocycles. The molecule has 44 heteroatoms. The molecule has 109 heavy (non-hydrogen) atoms. The lowest BCUT2D eigenvalue weighted by atomic mass is 9.11. The van der Waals surface area contributed by atoms with Gasteiger partial charge in [-0.3, -0.25) is 5.32 Å². The highest BCUT2D eigenvalue weighted by Crippen LogP contribution is 2.47. The molecule has 2 N–H and O–H groups in total. The molecule has 0 amide bonds. The molecule has 0 atom stereocenters. The molecule has 0 heterocycles. The van der Waals surface area contributed by atoms with E-state index in [-0.39, 0.29) is 24.7 Å². The second kappa shape index (κ2) is 30.3. The summed E-state index contributed by atoms with van der Waals surface area (Å²) in [4.78, 5) is 0.